The summed E-state index contributed by atoms with van der Waals surface area (Å²) in [6, 6.07) is 0. The SMILES string of the molecule is CC(C)=N/N=C(\C)C1=CCC(C)C=C1. The van der Waals surface area contributed by atoms with Crippen LogP contribution in [0.2, 0.25) is 0 Å². The van der Waals surface area contributed by atoms with E-state index in [1.54, 1.807) is 0 Å². The van der Waals surface area contributed by atoms with Crippen LogP contribution in [-0.4, -0.2) is 11.4 Å². The van der Waals surface area contributed by atoms with Gasteiger partial charge in [0, 0.05) is 5.71 Å². The van der Waals surface area contributed by atoms with Gasteiger partial charge in [-0.25, -0.2) is 0 Å². The van der Waals surface area contributed by atoms with E-state index in [1.165, 1.54) is 5.57 Å². The first kappa shape index (κ1) is 10.9. The van der Waals surface area contributed by atoms with Gasteiger partial charge in [0.25, 0.3) is 0 Å². The second kappa shape index (κ2) is 4.89. The van der Waals surface area contributed by atoms with Crippen molar-refractivity contribution in [1.29, 1.82) is 0 Å². The molecule has 2 heteroatoms. The lowest BCUT2D eigenvalue weighted by molar-refractivity contribution is 0.734. The fourth-order valence-corrected chi connectivity index (χ4v) is 1.23. The largest absolute Gasteiger partial charge is 0.160 e. The van der Waals surface area contributed by atoms with Crippen molar-refractivity contribution in [2.45, 2.75) is 34.1 Å². The van der Waals surface area contributed by atoms with E-state index in [4.69, 9.17) is 0 Å². The minimum atomic E-state index is 0.656. The molecule has 1 unspecified atom stereocenters. The van der Waals surface area contributed by atoms with E-state index in [0.29, 0.717) is 5.92 Å². The van der Waals surface area contributed by atoms with Crippen LogP contribution >= 0.6 is 0 Å². The molecule has 0 fully saturated rings. The van der Waals surface area contributed by atoms with E-state index in [1.807, 2.05) is 20.8 Å². The monoisotopic (exact) mass is 190 g/mol. The average Bonchev–Trinajstić information content (AvgIpc) is 2.15. The van der Waals surface area contributed by atoms with E-state index in [-0.39, 0.29) is 0 Å². The zero-order valence-electron chi connectivity index (χ0n) is 9.41. The van der Waals surface area contributed by atoms with Crippen LogP contribution in [0.25, 0.3) is 0 Å². The van der Waals surface area contributed by atoms with Crippen LogP contribution in [0.5, 0.6) is 0 Å². The molecule has 1 aliphatic rings. The highest BCUT2D eigenvalue weighted by Gasteiger charge is 2.05. The molecule has 0 spiro atoms. The van der Waals surface area contributed by atoms with Crippen molar-refractivity contribution in [2.75, 3.05) is 0 Å². The van der Waals surface area contributed by atoms with Crippen LogP contribution in [0.3, 0.4) is 0 Å². The standard InChI is InChI=1S/C12H18N2/c1-9(2)13-14-11(4)12-7-5-10(3)6-8-12/h5,7-8,10H,6H2,1-4H3/b14-11+. The van der Waals surface area contributed by atoms with Crippen LogP contribution in [0.1, 0.15) is 34.1 Å². The molecule has 0 aromatic carbocycles. The molecule has 2 nitrogen and oxygen atoms in total. The highest BCUT2D eigenvalue weighted by Crippen LogP contribution is 2.16. The Bertz CT molecular complexity index is 315. The second-order valence-corrected chi connectivity index (χ2v) is 3.96. The van der Waals surface area contributed by atoms with Gasteiger partial charge in [-0.15, -0.1) is 0 Å². The zero-order valence-corrected chi connectivity index (χ0v) is 9.41. The van der Waals surface area contributed by atoms with Crippen molar-refractivity contribution in [1.82, 2.24) is 0 Å². The topological polar surface area (TPSA) is 24.7 Å². The maximum absolute atomic E-state index is 4.16. The molecule has 1 aliphatic carbocycles. The molecule has 0 N–H and O–H groups in total. The summed E-state index contributed by atoms with van der Waals surface area (Å²) >= 11 is 0. The second-order valence-electron chi connectivity index (χ2n) is 3.96. The van der Waals surface area contributed by atoms with Gasteiger partial charge in [0.15, 0.2) is 0 Å². The Balaban J connectivity index is 2.72. The zero-order chi connectivity index (χ0) is 10.6. The quantitative estimate of drug-likeness (QED) is 0.471. The van der Waals surface area contributed by atoms with Crippen molar-refractivity contribution in [3.05, 3.63) is 23.8 Å². The van der Waals surface area contributed by atoms with E-state index < -0.39 is 0 Å². The third kappa shape index (κ3) is 3.29. The molecular formula is C12H18N2. The van der Waals surface area contributed by atoms with Crippen LogP contribution in [0, 0.1) is 5.92 Å². The van der Waals surface area contributed by atoms with Crippen LogP contribution in [0.15, 0.2) is 34.0 Å². The molecule has 76 valence electrons. The van der Waals surface area contributed by atoms with Gasteiger partial charge in [-0.1, -0.05) is 25.2 Å². The molecule has 1 rings (SSSR count). The highest BCUT2D eigenvalue weighted by molar-refractivity contribution is 6.01. The molecule has 0 aliphatic heterocycles. The smallest absolute Gasteiger partial charge is 0.0668 e. The summed E-state index contributed by atoms with van der Waals surface area (Å²) in [5.41, 5.74) is 3.18. The maximum atomic E-state index is 4.16. The van der Waals surface area contributed by atoms with Crippen molar-refractivity contribution < 1.29 is 0 Å². The lowest BCUT2D eigenvalue weighted by Crippen LogP contribution is -2.01. The normalized spacial score (nSPS) is 21.9. The van der Waals surface area contributed by atoms with E-state index in [2.05, 4.69) is 35.4 Å². The number of rotatable bonds is 2. The molecule has 0 saturated heterocycles. The van der Waals surface area contributed by atoms with Crippen molar-refractivity contribution in [3.63, 3.8) is 0 Å². The molecular weight excluding hydrogens is 172 g/mol. The van der Waals surface area contributed by atoms with Gasteiger partial charge in [-0.2, -0.15) is 10.2 Å². The lowest BCUT2D eigenvalue weighted by Gasteiger charge is -2.10. The summed E-state index contributed by atoms with van der Waals surface area (Å²) in [6.45, 7) is 8.11. The van der Waals surface area contributed by atoms with Crippen molar-refractivity contribution in [3.8, 4) is 0 Å². The molecule has 0 saturated carbocycles. The first-order chi connectivity index (χ1) is 6.59. The fourth-order valence-electron chi connectivity index (χ4n) is 1.23. The minimum absolute atomic E-state index is 0.656. The van der Waals surface area contributed by atoms with Gasteiger partial charge in [-0.05, 0) is 38.7 Å². The summed E-state index contributed by atoms with van der Waals surface area (Å²) in [5, 5.41) is 8.21. The number of hydrogen-bond acceptors (Lipinski definition) is 2. The van der Waals surface area contributed by atoms with Gasteiger partial charge in [-0.3, -0.25) is 0 Å². The number of allylic oxidation sites excluding steroid dienone is 4. The maximum Gasteiger partial charge on any atom is 0.0668 e. The first-order valence-corrected chi connectivity index (χ1v) is 5.04. The first-order valence-electron chi connectivity index (χ1n) is 5.04. The van der Waals surface area contributed by atoms with E-state index in [9.17, 15) is 0 Å². The number of nitrogens with zero attached hydrogens (tertiary/aromatic N) is 2. The third-order valence-electron chi connectivity index (χ3n) is 2.13. The Kier molecular flexibility index (Phi) is 3.81. The molecule has 0 bridgehead atoms. The molecule has 0 aromatic rings. The molecule has 0 radical (unpaired) electrons. The highest BCUT2D eigenvalue weighted by atomic mass is 15.2. The third-order valence-corrected chi connectivity index (χ3v) is 2.13. The predicted octanol–water partition coefficient (Wildman–Crippen LogP) is 3.37. The van der Waals surface area contributed by atoms with Gasteiger partial charge in [0.2, 0.25) is 0 Å². The van der Waals surface area contributed by atoms with Crippen LogP contribution in [0.4, 0.5) is 0 Å². The van der Waals surface area contributed by atoms with Gasteiger partial charge >= 0.3 is 0 Å². The Morgan fingerprint density at radius 2 is 2.00 bits per heavy atom. The summed E-state index contributed by atoms with van der Waals surface area (Å²) < 4.78 is 0. The van der Waals surface area contributed by atoms with Crippen molar-refractivity contribution in [2.24, 2.45) is 16.1 Å². The van der Waals surface area contributed by atoms with Gasteiger partial charge in [0.05, 0.1) is 5.71 Å². The van der Waals surface area contributed by atoms with E-state index in [0.717, 1.165) is 17.8 Å². The summed E-state index contributed by atoms with van der Waals surface area (Å²) in [7, 11) is 0. The molecule has 1 atom stereocenters. The Morgan fingerprint density at radius 1 is 1.29 bits per heavy atom. The number of hydrogen-bond donors (Lipinski definition) is 0. The molecule has 14 heavy (non-hydrogen) atoms. The van der Waals surface area contributed by atoms with Gasteiger partial charge < -0.3 is 0 Å². The summed E-state index contributed by atoms with van der Waals surface area (Å²) in [5.74, 6) is 0.656. The predicted molar refractivity (Wildman–Crippen MR) is 62.9 cm³/mol. The molecule has 0 heterocycles. The van der Waals surface area contributed by atoms with Crippen LogP contribution in [-0.2, 0) is 0 Å². The Hall–Kier alpha value is -1.18. The lowest BCUT2D eigenvalue weighted by atomic mass is 9.96. The molecule has 0 aromatic heterocycles. The van der Waals surface area contributed by atoms with Crippen molar-refractivity contribution >= 4 is 11.4 Å². The average molecular weight is 190 g/mol. The summed E-state index contributed by atoms with van der Waals surface area (Å²) in [4.78, 5) is 0. The fraction of sp³-hybridized carbons (Fsp3) is 0.500. The van der Waals surface area contributed by atoms with Crippen LogP contribution < -0.4 is 0 Å². The summed E-state index contributed by atoms with van der Waals surface area (Å²) in [6.07, 6.45) is 7.68. The Morgan fingerprint density at radius 3 is 2.50 bits per heavy atom. The minimum Gasteiger partial charge on any atom is -0.160 e. The molecule has 0 amide bonds. The Labute approximate surface area is 86.1 Å². The van der Waals surface area contributed by atoms with Gasteiger partial charge in [0.1, 0.15) is 0 Å². The van der Waals surface area contributed by atoms with E-state index >= 15 is 0 Å².